The fraction of sp³-hybridized carbons (Fsp3) is 0.389. The minimum Gasteiger partial charge on any atom is -0.496 e. The number of nitrogens with two attached hydrogens (primary N) is 1. The predicted octanol–water partition coefficient (Wildman–Crippen LogP) is 3.35. The number of nitrogen functional groups attached to an aromatic ring is 1. The molecule has 1 aromatic carbocycles. The molecule has 0 amide bonds. The van der Waals surface area contributed by atoms with E-state index in [2.05, 4.69) is 35.6 Å². The molecule has 0 aliphatic heterocycles. The zero-order valence-corrected chi connectivity index (χ0v) is 14.9. The molecule has 0 aliphatic rings. The average Bonchev–Trinajstić information content (AvgIpc) is 2.58. The molecule has 1 heterocycles. The number of hydrogen-bond acceptors (Lipinski definition) is 5. The zero-order valence-electron chi connectivity index (χ0n) is 14.1. The number of methoxy groups -OCH3 is 1. The first-order valence-corrected chi connectivity index (χ1v) is 9.21. The first-order chi connectivity index (χ1) is 11.2. The van der Waals surface area contributed by atoms with Crippen molar-refractivity contribution >= 4 is 17.6 Å². The van der Waals surface area contributed by atoms with E-state index in [1.54, 1.807) is 13.2 Å². The van der Waals surface area contributed by atoms with E-state index in [0.717, 1.165) is 42.3 Å². The second-order valence-electron chi connectivity index (χ2n) is 5.29. The van der Waals surface area contributed by atoms with Crippen molar-refractivity contribution in [1.29, 1.82) is 0 Å². The van der Waals surface area contributed by atoms with Crippen LogP contribution < -0.4 is 15.8 Å². The van der Waals surface area contributed by atoms with Crippen LogP contribution in [-0.2, 0) is 13.0 Å². The number of hydrogen-bond donors (Lipinski definition) is 2. The molecule has 0 fully saturated rings. The van der Waals surface area contributed by atoms with Gasteiger partial charge in [0.1, 0.15) is 11.6 Å². The maximum Gasteiger partial charge on any atom is 0.128 e. The van der Waals surface area contributed by atoms with Gasteiger partial charge in [-0.05, 0) is 48.1 Å². The summed E-state index contributed by atoms with van der Waals surface area (Å²) in [6.07, 6.45) is 3.09. The van der Waals surface area contributed by atoms with Crippen LogP contribution in [0.4, 0.5) is 5.82 Å². The van der Waals surface area contributed by atoms with Crippen LogP contribution in [0.2, 0.25) is 0 Å². The lowest BCUT2D eigenvalue weighted by Gasteiger charge is -2.15. The first kappa shape index (κ1) is 17.6. The summed E-state index contributed by atoms with van der Waals surface area (Å²) >= 11 is 1.85. The van der Waals surface area contributed by atoms with Gasteiger partial charge in [-0.25, -0.2) is 4.98 Å². The summed E-state index contributed by atoms with van der Waals surface area (Å²) in [6.45, 7) is 4.03. The third-order valence-electron chi connectivity index (χ3n) is 3.75. The topological polar surface area (TPSA) is 60.2 Å². The molecule has 4 nitrogen and oxygen atoms in total. The molecule has 0 spiro atoms. The van der Waals surface area contributed by atoms with Gasteiger partial charge < -0.3 is 15.8 Å². The van der Waals surface area contributed by atoms with E-state index in [-0.39, 0.29) is 0 Å². The second kappa shape index (κ2) is 8.79. The highest BCUT2D eigenvalue weighted by Gasteiger charge is 2.12. The van der Waals surface area contributed by atoms with Gasteiger partial charge in [-0.3, -0.25) is 0 Å². The molecule has 5 heteroatoms. The van der Waals surface area contributed by atoms with Crippen LogP contribution >= 0.6 is 11.8 Å². The molecule has 0 saturated carbocycles. The normalized spacial score (nSPS) is 10.7. The Labute approximate surface area is 142 Å². The van der Waals surface area contributed by atoms with Crippen molar-refractivity contribution in [2.45, 2.75) is 19.9 Å². The van der Waals surface area contributed by atoms with E-state index in [4.69, 9.17) is 10.5 Å². The monoisotopic (exact) mass is 331 g/mol. The minimum absolute atomic E-state index is 0.519. The fourth-order valence-electron chi connectivity index (χ4n) is 2.53. The maximum absolute atomic E-state index is 5.82. The number of nitrogens with one attached hydrogen (secondary N) is 1. The Balaban J connectivity index is 2.33. The van der Waals surface area contributed by atoms with E-state index >= 15 is 0 Å². The molecular formula is C18H25N3OS. The molecule has 23 heavy (non-hydrogen) atoms. The standard InChI is InChI=1S/C18H25N3OS/c1-4-13-10-15(16-6-5-7-18(19)21-16)17(22-2)11-14(13)12-20-8-9-23-3/h5-7,10-11,20H,4,8-9,12H2,1-3H3,(H2,19,21). The van der Waals surface area contributed by atoms with Crippen molar-refractivity contribution < 1.29 is 4.74 Å². The van der Waals surface area contributed by atoms with Crippen molar-refractivity contribution in [1.82, 2.24) is 10.3 Å². The zero-order chi connectivity index (χ0) is 16.7. The Morgan fingerprint density at radius 2 is 2.09 bits per heavy atom. The number of benzene rings is 1. The lowest BCUT2D eigenvalue weighted by atomic mass is 9.98. The highest BCUT2D eigenvalue weighted by molar-refractivity contribution is 7.98. The van der Waals surface area contributed by atoms with E-state index in [9.17, 15) is 0 Å². The summed E-state index contributed by atoms with van der Waals surface area (Å²) in [4.78, 5) is 4.42. The first-order valence-electron chi connectivity index (χ1n) is 7.82. The van der Waals surface area contributed by atoms with Crippen LogP contribution in [-0.4, -0.2) is 30.6 Å². The van der Waals surface area contributed by atoms with E-state index in [1.807, 2.05) is 23.9 Å². The van der Waals surface area contributed by atoms with Crippen LogP contribution in [0.1, 0.15) is 18.1 Å². The second-order valence-corrected chi connectivity index (χ2v) is 6.28. The number of ether oxygens (including phenoxy) is 1. The van der Waals surface area contributed by atoms with Gasteiger partial charge in [-0.15, -0.1) is 0 Å². The van der Waals surface area contributed by atoms with Gasteiger partial charge in [0.15, 0.2) is 0 Å². The summed E-state index contributed by atoms with van der Waals surface area (Å²) in [7, 11) is 1.70. The lowest BCUT2D eigenvalue weighted by molar-refractivity contribution is 0.415. The van der Waals surface area contributed by atoms with Crippen molar-refractivity contribution in [3.05, 3.63) is 41.5 Å². The number of anilines is 1. The number of aryl methyl sites for hydroxylation is 1. The molecule has 0 aliphatic carbocycles. The Hall–Kier alpha value is -1.72. The van der Waals surface area contributed by atoms with Crippen molar-refractivity contribution in [2.24, 2.45) is 0 Å². The molecule has 0 radical (unpaired) electrons. The third-order valence-corrected chi connectivity index (χ3v) is 4.36. The van der Waals surface area contributed by atoms with E-state index < -0.39 is 0 Å². The van der Waals surface area contributed by atoms with Gasteiger partial charge in [0.25, 0.3) is 0 Å². The Morgan fingerprint density at radius 1 is 1.26 bits per heavy atom. The maximum atomic E-state index is 5.82. The Kier molecular flexibility index (Phi) is 6.74. The van der Waals surface area contributed by atoms with Crippen LogP contribution in [0.15, 0.2) is 30.3 Å². The number of thioether (sulfide) groups is 1. The number of nitrogens with zero attached hydrogens (tertiary/aromatic N) is 1. The molecule has 2 rings (SSSR count). The molecule has 0 atom stereocenters. The predicted molar refractivity (Wildman–Crippen MR) is 100 cm³/mol. The summed E-state index contributed by atoms with van der Waals surface area (Å²) in [5.74, 6) is 2.47. The summed E-state index contributed by atoms with van der Waals surface area (Å²) in [5, 5.41) is 3.48. The summed E-state index contributed by atoms with van der Waals surface area (Å²) < 4.78 is 5.59. The summed E-state index contributed by atoms with van der Waals surface area (Å²) in [5.41, 5.74) is 10.2. The SMILES string of the molecule is CCc1cc(-c2cccc(N)n2)c(OC)cc1CNCCSC. The Bertz CT molecular complexity index is 646. The fourth-order valence-corrected chi connectivity index (χ4v) is 2.88. The van der Waals surface area contributed by atoms with Crippen molar-refractivity contribution in [3.63, 3.8) is 0 Å². The van der Waals surface area contributed by atoms with Gasteiger partial charge in [0.2, 0.25) is 0 Å². The van der Waals surface area contributed by atoms with E-state index in [1.165, 1.54) is 11.1 Å². The lowest BCUT2D eigenvalue weighted by Crippen LogP contribution is -2.17. The highest BCUT2D eigenvalue weighted by Crippen LogP contribution is 2.32. The molecule has 0 unspecified atom stereocenters. The van der Waals surface area contributed by atoms with Gasteiger partial charge in [0, 0.05) is 24.4 Å². The van der Waals surface area contributed by atoms with Crippen LogP contribution in [0.3, 0.4) is 0 Å². The molecule has 1 aromatic heterocycles. The summed E-state index contributed by atoms with van der Waals surface area (Å²) in [6, 6.07) is 9.96. The van der Waals surface area contributed by atoms with Crippen LogP contribution in [0.25, 0.3) is 11.3 Å². The molecule has 2 aromatic rings. The average molecular weight is 331 g/mol. The van der Waals surface area contributed by atoms with Gasteiger partial charge in [-0.1, -0.05) is 13.0 Å². The Morgan fingerprint density at radius 3 is 2.74 bits per heavy atom. The smallest absolute Gasteiger partial charge is 0.128 e. The van der Waals surface area contributed by atoms with Crippen molar-refractivity contribution in [3.8, 4) is 17.0 Å². The molecular weight excluding hydrogens is 306 g/mol. The van der Waals surface area contributed by atoms with Gasteiger partial charge in [-0.2, -0.15) is 11.8 Å². The largest absolute Gasteiger partial charge is 0.496 e. The highest BCUT2D eigenvalue weighted by atomic mass is 32.2. The third kappa shape index (κ3) is 4.62. The number of rotatable bonds is 8. The van der Waals surface area contributed by atoms with Crippen LogP contribution in [0, 0.1) is 0 Å². The molecule has 0 saturated heterocycles. The molecule has 124 valence electrons. The van der Waals surface area contributed by atoms with Crippen LogP contribution in [0.5, 0.6) is 5.75 Å². The minimum atomic E-state index is 0.519. The number of pyridine rings is 1. The van der Waals surface area contributed by atoms with E-state index in [0.29, 0.717) is 5.82 Å². The molecule has 3 N–H and O–H groups in total. The van der Waals surface area contributed by atoms with Gasteiger partial charge in [0.05, 0.1) is 12.8 Å². The number of aromatic nitrogens is 1. The van der Waals surface area contributed by atoms with Gasteiger partial charge >= 0.3 is 0 Å². The molecule has 0 bridgehead atoms. The van der Waals surface area contributed by atoms with Crippen molar-refractivity contribution in [2.75, 3.05) is 31.4 Å². The quantitative estimate of drug-likeness (QED) is 0.726.